The summed E-state index contributed by atoms with van der Waals surface area (Å²) in [6.45, 7) is -0.271. The summed E-state index contributed by atoms with van der Waals surface area (Å²) in [5.74, 6) is -1.04. The lowest BCUT2D eigenvalue weighted by molar-refractivity contribution is -0.120. The molecule has 1 aromatic rings. The molecule has 0 fully saturated rings. The molecule has 1 heterocycles. The lowest BCUT2D eigenvalue weighted by Crippen LogP contribution is -2.35. The van der Waals surface area contributed by atoms with Crippen LogP contribution in [0.5, 0.6) is 0 Å². The Morgan fingerprint density at radius 2 is 2.27 bits per heavy atom. The Morgan fingerprint density at radius 3 is 3.00 bits per heavy atom. The van der Waals surface area contributed by atoms with Gasteiger partial charge in [0.15, 0.2) is 0 Å². The van der Waals surface area contributed by atoms with Gasteiger partial charge in [-0.3, -0.25) is 9.59 Å². The fourth-order valence-corrected chi connectivity index (χ4v) is 1.60. The smallest absolute Gasteiger partial charge is 0.259 e. The number of halogens is 1. The SMILES string of the molecule is O=C(CNC(=O)c1cccc(F)c1)N/N=C/C1=CCC=CO1. The van der Waals surface area contributed by atoms with Crippen LogP contribution in [0.25, 0.3) is 0 Å². The number of carbonyl (C=O) groups excluding carboxylic acids is 2. The van der Waals surface area contributed by atoms with Gasteiger partial charge < -0.3 is 10.1 Å². The van der Waals surface area contributed by atoms with Gasteiger partial charge in [-0.05, 0) is 36.8 Å². The van der Waals surface area contributed by atoms with Crippen molar-refractivity contribution in [3.8, 4) is 0 Å². The Labute approximate surface area is 126 Å². The summed E-state index contributed by atoms with van der Waals surface area (Å²) in [7, 11) is 0. The van der Waals surface area contributed by atoms with E-state index in [0.717, 1.165) is 12.5 Å². The van der Waals surface area contributed by atoms with Crippen molar-refractivity contribution >= 4 is 18.0 Å². The zero-order chi connectivity index (χ0) is 15.8. The number of rotatable bonds is 5. The molecule has 0 saturated carbocycles. The predicted octanol–water partition coefficient (Wildman–Crippen LogP) is 1.48. The summed E-state index contributed by atoms with van der Waals surface area (Å²) in [6.07, 6.45) is 7.25. The largest absolute Gasteiger partial charge is 0.464 e. The average molecular weight is 303 g/mol. The fraction of sp³-hybridized carbons (Fsp3) is 0.133. The Hall–Kier alpha value is -2.96. The number of ether oxygens (including phenoxy) is 1. The zero-order valence-electron chi connectivity index (χ0n) is 11.6. The van der Waals surface area contributed by atoms with Gasteiger partial charge in [-0.15, -0.1) is 0 Å². The fourth-order valence-electron chi connectivity index (χ4n) is 1.60. The molecular weight excluding hydrogens is 289 g/mol. The van der Waals surface area contributed by atoms with Gasteiger partial charge in [-0.1, -0.05) is 6.07 Å². The van der Waals surface area contributed by atoms with Crippen molar-refractivity contribution in [1.29, 1.82) is 0 Å². The van der Waals surface area contributed by atoms with Crippen molar-refractivity contribution < 1.29 is 18.7 Å². The van der Waals surface area contributed by atoms with Crippen LogP contribution in [0.1, 0.15) is 16.8 Å². The second-order valence-corrected chi connectivity index (χ2v) is 4.32. The molecular formula is C15H14FN3O3. The Morgan fingerprint density at radius 1 is 1.41 bits per heavy atom. The highest BCUT2D eigenvalue weighted by Crippen LogP contribution is 2.04. The minimum absolute atomic E-state index is 0.142. The minimum atomic E-state index is -0.540. The van der Waals surface area contributed by atoms with E-state index >= 15 is 0 Å². The number of hydrogen-bond donors (Lipinski definition) is 2. The summed E-state index contributed by atoms with van der Waals surface area (Å²) < 4.78 is 18.1. The van der Waals surface area contributed by atoms with E-state index in [0.29, 0.717) is 5.76 Å². The van der Waals surface area contributed by atoms with E-state index in [-0.39, 0.29) is 12.1 Å². The van der Waals surface area contributed by atoms with Crippen LogP contribution in [0.2, 0.25) is 0 Å². The first kappa shape index (κ1) is 15.4. The first-order chi connectivity index (χ1) is 10.6. The van der Waals surface area contributed by atoms with Crippen molar-refractivity contribution in [3.63, 3.8) is 0 Å². The van der Waals surface area contributed by atoms with E-state index in [2.05, 4.69) is 15.8 Å². The van der Waals surface area contributed by atoms with Gasteiger partial charge in [0.1, 0.15) is 11.6 Å². The van der Waals surface area contributed by atoms with Gasteiger partial charge in [0, 0.05) is 5.56 Å². The highest BCUT2D eigenvalue weighted by Gasteiger charge is 2.08. The van der Waals surface area contributed by atoms with E-state index in [4.69, 9.17) is 4.74 Å². The average Bonchev–Trinajstić information content (AvgIpc) is 2.53. The van der Waals surface area contributed by atoms with Crippen molar-refractivity contribution in [2.24, 2.45) is 5.10 Å². The molecule has 0 aliphatic carbocycles. The third-order valence-electron chi connectivity index (χ3n) is 2.63. The van der Waals surface area contributed by atoms with Crippen LogP contribution < -0.4 is 10.7 Å². The van der Waals surface area contributed by atoms with Crippen LogP contribution in [0, 0.1) is 5.82 Å². The summed E-state index contributed by atoms with van der Waals surface area (Å²) >= 11 is 0. The highest BCUT2D eigenvalue weighted by atomic mass is 19.1. The third kappa shape index (κ3) is 4.86. The molecule has 0 radical (unpaired) electrons. The summed E-state index contributed by atoms with van der Waals surface area (Å²) in [4.78, 5) is 23.2. The van der Waals surface area contributed by atoms with Gasteiger partial charge >= 0.3 is 0 Å². The lowest BCUT2D eigenvalue weighted by atomic mass is 10.2. The van der Waals surface area contributed by atoms with Gasteiger partial charge in [0.2, 0.25) is 0 Å². The van der Waals surface area contributed by atoms with Crippen LogP contribution in [-0.2, 0) is 9.53 Å². The van der Waals surface area contributed by atoms with Crippen molar-refractivity contribution in [3.05, 3.63) is 59.8 Å². The summed E-state index contributed by atoms with van der Waals surface area (Å²) in [5, 5.41) is 6.06. The van der Waals surface area contributed by atoms with E-state index in [9.17, 15) is 14.0 Å². The second-order valence-electron chi connectivity index (χ2n) is 4.32. The van der Waals surface area contributed by atoms with Crippen LogP contribution >= 0.6 is 0 Å². The maximum absolute atomic E-state index is 13.0. The van der Waals surface area contributed by atoms with Crippen LogP contribution in [0.15, 0.2) is 53.5 Å². The Balaban J connectivity index is 1.74. The maximum Gasteiger partial charge on any atom is 0.259 e. The number of allylic oxidation sites excluding steroid dienone is 3. The molecule has 2 N–H and O–H groups in total. The van der Waals surface area contributed by atoms with Crippen molar-refractivity contribution in [1.82, 2.24) is 10.7 Å². The van der Waals surface area contributed by atoms with E-state index in [1.807, 2.05) is 6.08 Å². The van der Waals surface area contributed by atoms with Crippen molar-refractivity contribution in [2.75, 3.05) is 6.54 Å². The van der Waals surface area contributed by atoms with E-state index < -0.39 is 17.6 Å². The number of benzene rings is 1. The molecule has 0 unspecified atom stereocenters. The van der Waals surface area contributed by atoms with E-state index in [1.165, 1.54) is 30.7 Å². The molecule has 0 atom stereocenters. The highest BCUT2D eigenvalue weighted by molar-refractivity contribution is 5.96. The molecule has 1 aliphatic rings. The summed E-state index contributed by atoms with van der Waals surface area (Å²) in [5.41, 5.74) is 2.39. The normalized spacial score (nSPS) is 13.4. The molecule has 1 aliphatic heterocycles. The number of carbonyl (C=O) groups is 2. The van der Waals surface area contributed by atoms with E-state index in [1.54, 1.807) is 6.08 Å². The molecule has 0 saturated heterocycles. The van der Waals surface area contributed by atoms with Crippen LogP contribution in [0.4, 0.5) is 4.39 Å². The topological polar surface area (TPSA) is 79.8 Å². The van der Waals surface area contributed by atoms with Gasteiger partial charge in [-0.25, -0.2) is 9.82 Å². The molecule has 22 heavy (non-hydrogen) atoms. The first-order valence-corrected chi connectivity index (χ1v) is 6.52. The molecule has 6 nitrogen and oxygen atoms in total. The maximum atomic E-state index is 13.0. The monoisotopic (exact) mass is 303 g/mol. The number of amides is 2. The standard InChI is InChI=1S/C15H14FN3O3/c16-12-5-3-4-11(8-12)15(21)17-10-14(20)19-18-9-13-6-1-2-7-22-13/h2-9H,1,10H2,(H,17,21)(H,19,20)/b18-9+. The Kier molecular flexibility index (Phi) is 5.42. The van der Waals surface area contributed by atoms with Crippen LogP contribution in [0.3, 0.4) is 0 Å². The number of hydrogen-bond acceptors (Lipinski definition) is 4. The molecule has 2 rings (SSSR count). The van der Waals surface area contributed by atoms with Gasteiger partial charge in [-0.2, -0.15) is 5.10 Å². The van der Waals surface area contributed by atoms with Gasteiger partial charge in [0.05, 0.1) is 19.0 Å². The number of nitrogens with zero attached hydrogens (tertiary/aromatic N) is 1. The molecule has 0 aromatic heterocycles. The number of hydrazone groups is 1. The third-order valence-corrected chi connectivity index (χ3v) is 2.63. The second kappa shape index (κ2) is 7.72. The Bertz CT molecular complexity index is 653. The number of nitrogens with one attached hydrogen (secondary N) is 2. The molecule has 1 aromatic carbocycles. The minimum Gasteiger partial charge on any atom is -0.464 e. The molecule has 0 spiro atoms. The van der Waals surface area contributed by atoms with Gasteiger partial charge in [0.25, 0.3) is 11.8 Å². The summed E-state index contributed by atoms with van der Waals surface area (Å²) in [6, 6.07) is 5.19. The molecule has 7 heteroatoms. The first-order valence-electron chi connectivity index (χ1n) is 6.52. The van der Waals surface area contributed by atoms with Crippen LogP contribution in [-0.4, -0.2) is 24.6 Å². The predicted molar refractivity (Wildman–Crippen MR) is 78.3 cm³/mol. The van der Waals surface area contributed by atoms with Crippen molar-refractivity contribution in [2.45, 2.75) is 6.42 Å². The zero-order valence-corrected chi connectivity index (χ0v) is 11.6. The lowest BCUT2D eigenvalue weighted by Gasteiger charge is -2.05. The molecule has 2 amide bonds. The molecule has 0 bridgehead atoms. The quantitative estimate of drug-likeness (QED) is 0.638. The molecule has 114 valence electrons.